The Kier molecular flexibility index (Phi) is 5.72. The molecule has 0 bridgehead atoms. The van der Waals surface area contributed by atoms with Crippen molar-refractivity contribution in [2.24, 2.45) is 0 Å². The van der Waals surface area contributed by atoms with Crippen LogP contribution < -0.4 is 5.32 Å². The molecule has 0 aliphatic heterocycles. The van der Waals surface area contributed by atoms with E-state index in [1.165, 1.54) is 23.1 Å². The molecule has 7 heteroatoms. The van der Waals surface area contributed by atoms with Gasteiger partial charge in [-0.2, -0.15) is 0 Å². The fraction of sp³-hybridized carbons (Fsp3) is 0.357. The molecule has 1 atom stereocenters. The maximum atomic E-state index is 11.9. The number of aliphatic carboxylic acids is 1. The van der Waals surface area contributed by atoms with Crippen LogP contribution in [0.15, 0.2) is 40.2 Å². The number of benzene rings is 1. The minimum Gasteiger partial charge on any atom is -0.480 e. The zero-order valence-electron chi connectivity index (χ0n) is 11.7. The van der Waals surface area contributed by atoms with E-state index in [-0.39, 0.29) is 0 Å². The number of hydrogen-bond donors (Lipinski definition) is 2. The van der Waals surface area contributed by atoms with Gasteiger partial charge in [0.2, 0.25) is 0 Å². The maximum Gasteiger partial charge on any atom is 0.328 e. The van der Waals surface area contributed by atoms with Gasteiger partial charge in [-0.1, -0.05) is 60.4 Å². The van der Waals surface area contributed by atoms with Crippen molar-refractivity contribution in [1.29, 1.82) is 0 Å². The molecule has 0 fully saturated rings. The largest absolute Gasteiger partial charge is 0.480 e. The molecule has 0 saturated carbocycles. The summed E-state index contributed by atoms with van der Waals surface area (Å²) in [6, 6.07) is 9.32. The maximum absolute atomic E-state index is 11.9. The Morgan fingerprint density at radius 2 is 2.19 bits per heavy atom. The summed E-state index contributed by atoms with van der Waals surface area (Å²) in [7, 11) is 0. The van der Waals surface area contributed by atoms with Gasteiger partial charge in [0, 0.05) is 5.75 Å². The van der Waals surface area contributed by atoms with Gasteiger partial charge in [0.05, 0.1) is 0 Å². The Bertz CT molecular complexity index is 563. The van der Waals surface area contributed by atoms with Gasteiger partial charge in [-0.05, 0) is 18.5 Å². The Morgan fingerprint density at radius 1 is 1.43 bits per heavy atom. The molecule has 112 valence electrons. The molecule has 0 aliphatic rings. The van der Waals surface area contributed by atoms with Crippen LogP contribution in [-0.4, -0.2) is 33.6 Å². The number of rotatable bonds is 8. The number of thioether (sulfide) groups is 1. The molecule has 5 nitrogen and oxygen atoms in total. The summed E-state index contributed by atoms with van der Waals surface area (Å²) >= 11 is 3.00. The third-order valence-corrected chi connectivity index (χ3v) is 5.01. The van der Waals surface area contributed by atoms with Gasteiger partial charge in [0.25, 0.3) is 0 Å². The van der Waals surface area contributed by atoms with Crippen LogP contribution in [0.25, 0.3) is 0 Å². The van der Waals surface area contributed by atoms with E-state index < -0.39 is 11.5 Å². The number of carboxylic acids is 1. The number of nitrogens with one attached hydrogen (secondary N) is 1. The normalized spacial score (nSPS) is 13.8. The van der Waals surface area contributed by atoms with Crippen LogP contribution in [-0.2, 0) is 10.3 Å². The van der Waals surface area contributed by atoms with Crippen LogP contribution >= 0.6 is 23.1 Å². The van der Waals surface area contributed by atoms with E-state index >= 15 is 0 Å². The van der Waals surface area contributed by atoms with Gasteiger partial charge >= 0.3 is 5.97 Å². The second-order valence-electron chi connectivity index (χ2n) is 4.41. The Morgan fingerprint density at radius 3 is 2.76 bits per heavy atom. The average Bonchev–Trinajstić information content (AvgIpc) is 3.00. The molecule has 0 spiro atoms. The van der Waals surface area contributed by atoms with Crippen LogP contribution in [0, 0.1) is 0 Å². The molecule has 1 unspecified atom stereocenters. The zero-order valence-corrected chi connectivity index (χ0v) is 13.3. The lowest BCUT2D eigenvalue weighted by Crippen LogP contribution is -2.49. The molecule has 2 N–H and O–H groups in total. The van der Waals surface area contributed by atoms with E-state index in [1.807, 2.05) is 37.3 Å². The summed E-state index contributed by atoms with van der Waals surface area (Å²) in [5.74, 6) is -0.197. The number of nitrogens with zero attached hydrogens (tertiary/aromatic N) is 2. The van der Waals surface area contributed by atoms with Crippen molar-refractivity contribution >= 4 is 29.1 Å². The van der Waals surface area contributed by atoms with E-state index in [0.717, 1.165) is 9.90 Å². The molecule has 0 saturated heterocycles. The molecule has 0 aliphatic carbocycles. The van der Waals surface area contributed by atoms with Crippen LogP contribution in [0.4, 0.5) is 0 Å². The van der Waals surface area contributed by atoms with Gasteiger partial charge in [0.15, 0.2) is 4.34 Å². The standard InChI is InChI=1S/C14H17N3O2S2/c1-2-15-14(12(18)19,11-6-4-3-5-7-11)8-9-20-13-17-16-10-21-13/h3-7,10,15H,2,8-9H2,1H3,(H,18,19). The Labute approximate surface area is 131 Å². The first-order chi connectivity index (χ1) is 10.2. The lowest BCUT2D eigenvalue weighted by atomic mass is 9.87. The van der Waals surface area contributed by atoms with Gasteiger partial charge in [0.1, 0.15) is 11.0 Å². The van der Waals surface area contributed by atoms with E-state index in [0.29, 0.717) is 18.7 Å². The monoisotopic (exact) mass is 323 g/mol. The predicted octanol–water partition coefficient (Wildman–Crippen LogP) is 2.61. The molecule has 0 amide bonds. The van der Waals surface area contributed by atoms with Crippen molar-refractivity contribution in [3.8, 4) is 0 Å². The molecule has 0 radical (unpaired) electrons. The van der Waals surface area contributed by atoms with Gasteiger partial charge < -0.3 is 5.11 Å². The number of carboxylic acid groups (broad SMARTS) is 1. The highest BCUT2D eigenvalue weighted by Crippen LogP contribution is 2.30. The molecule has 2 rings (SSSR count). The van der Waals surface area contributed by atoms with Crippen molar-refractivity contribution in [2.75, 3.05) is 12.3 Å². The van der Waals surface area contributed by atoms with Gasteiger partial charge in [-0.25, -0.2) is 4.79 Å². The highest BCUT2D eigenvalue weighted by molar-refractivity contribution is 8.00. The van der Waals surface area contributed by atoms with Crippen LogP contribution in [0.1, 0.15) is 18.9 Å². The lowest BCUT2D eigenvalue weighted by Gasteiger charge is -2.30. The second-order valence-corrected chi connectivity index (χ2v) is 6.59. The van der Waals surface area contributed by atoms with Crippen molar-refractivity contribution in [3.05, 3.63) is 41.4 Å². The summed E-state index contributed by atoms with van der Waals surface area (Å²) < 4.78 is 0.860. The molecule has 2 aromatic rings. The first kappa shape index (κ1) is 15.9. The fourth-order valence-corrected chi connectivity index (χ4v) is 3.80. The predicted molar refractivity (Wildman–Crippen MR) is 84.7 cm³/mol. The summed E-state index contributed by atoms with van der Waals surface area (Å²) in [4.78, 5) is 11.9. The first-order valence-electron chi connectivity index (χ1n) is 6.62. The number of likely N-dealkylation sites (N-methyl/N-ethyl adjacent to an activating group) is 1. The number of carbonyl (C=O) groups is 1. The highest BCUT2D eigenvalue weighted by Gasteiger charge is 2.39. The highest BCUT2D eigenvalue weighted by atomic mass is 32.2. The molecular weight excluding hydrogens is 306 g/mol. The third-order valence-electron chi connectivity index (χ3n) is 3.15. The van der Waals surface area contributed by atoms with E-state index in [9.17, 15) is 9.90 Å². The number of hydrogen-bond acceptors (Lipinski definition) is 6. The molecular formula is C14H17N3O2S2. The summed E-state index contributed by atoms with van der Waals surface area (Å²) in [6.07, 6.45) is 0.477. The SMILES string of the molecule is CCNC(CCSc1nncs1)(C(=O)O)c1ccccc1. The zero-order chi connectivity index (χ0) is 15.1. The van der Waals surface area contributed by atoms with Crippen LogP contribution in [0.2, 0.25) is 0 Å². The van der Waals surface area contributed by atoms with E-state index in [4.69, 9.17) is 0 Å². The Hall–Kier alpha value is -1.44. The van der Waals surface area contributed by atoms with E-state index in [2.05, 4.69) is 15.5 Å². The third kappa shape index (κ3) is 3.81. The quantitative estimate of drug-likeness (QED) is 0.727. The number of aromatic nitrogens is 2. The molecule has 1 heterocycles. The average molecular weight is 323 g/mol. The van der Waals surface area contributed by atoms with Crippen molar-refractivity contribution in [3.63, 3.8) is 0 Å². The first-order valence-corrected chi connectivity index (χ1v) is 8.48. The van der Waals surface area contributed by atoms with Crippen molar-refractivity contribution < 1.29 is 9.90 Å². The topological polar surface area (TPSA) is 75.1 Å². The van der Waals surface area contributed by atoms with Gasteiger partial charge in [-0.3, -0.25) is 5.32 Å². The van der Waals surface area contributed by atoms with Crippen molar-refractivity contribution in [1.82, 2.24) is 15.5 Å². The van der Waals surface area contributed by atoms with Crippen molar-refractivity contribution in [2.45, 2.75) is 23.2 Å². The Balaban J connectivity index is 2.16. The summed E-state index contributed by atoms with van der Waals surface area (Å²) in [5.41, 5.74) is 1.39. The fourth-order valence-electron chi connectivity index (χ4n) is 2.18. The molecule has 1 aromatic heterocycles. The smallest absolute Gasteiger partial charge is 0.328 e. The second kappa shape index (κ2) is 7.53. The summed E-state index contributed by atoms with van der Waals surface area (Å²) in [6.45, 7) is 2.50. The molecule has 21 heavy (non-hydrogen) atoms. The molecule has 1 aromatic carbocycles. The minimum atomic E-state index is -1.06. The van der Waals surface area contributed by atoms with Crippen LogP contribution in [0.5, 0.6) is 0 Å². The van der Waals surface area contributed by atoms with E-state index in [1.54, 1.807) is 5.51 Å². The van der Waals surface area contributed by atoms with Crippen LogP contribution in [0.3, 0.4) is 0 Å². The lowest BCUT2D eigenvalue weighted by molar-refractivity contribution is -0.145. The summed E-state index contributed by atoms with van der Waals surface area (Å²) in [5, 5.41) is 20.7. The minimum absolute atomic E-state index is 0.477. The van der Waals surface area contributed by atoms with Gasteiger partial charge in [-0.15, -0.1) is 10.2 Å².